The second-order valence-electron chi connectivity index (χ2n) is 5.13. The van der Waals surface area contributed by atoms with E-state index in [1.54, 1.807) is 11.4 Å². The second kappa shape index (κ2) is 8.23. The zero-order valence-electron chi connectivity index (χ0n) is 12.8. The zero-order chi connectivity index (χ0) is 16.4. The van der Waals surface area contributed by atoms with Gasteiger partial charge < -0.3 is 0 Å². The smallest absolute Gasteiger partial charge is 0.0965 e. The van der Waals surface area contributed by atoms with Gasteiger partial charge in [-0.1, -0.05) is 49.6 Å². The van der Waals surface area contributed by atoms with Crippen LogP contribution in [0.15, 0.2) is 24.3 Å². The first-order valence-electron chi connectivity index (χ1n) is 7.39. The van der Waals surface area contributed by atoms with E-state index in [4.69, 9.17) is 0 Å². The molecule has 1 aromatic carbocycles. The van der Waals surface area contributed by atoms with Gasteiger partial charge in [-0.25, -0.2) is 0 Å². The predicted molar refractivity (Wildman–Crippen MR) is 126 cm³/mol. The lowest BCUT2D eigenvalue weighted by Crippen LogP contribution is -2.02. The lowest BCUT2D eigenvalue weighted by molar-refractivity contribution is 0.923. The Balaban J connectivity index is 2.28. The average molecular weight is 580 g/mol. The molecule has 0 unspecified atom stereocenters. The highest BCUT2D eigenvalue weighted by atomic mass is 127. The molecule has 0 bridgehead atoms. The molecule has 0 nitrogen and oxygen atoms in total. The van der Waals surface area contributed by atoms with Crippen molar-refractivity contribution in [3.63, 3.8) is 0 Å². The van der Waals surface area contributed by atoms with Crippen LogP contribution < -0.4 is 9.06 Å². The quantitative estimate of drug-likeness (QED) is 0.228. The molecule has 0 amide bonds. The molecule has 1 aliphatic carbocycles. The highest BCUT2D eigenvalue weighted by molar-refractivity contribution is 14.3. The van der Waals surface area contributed by atoms with Crippen molar-refractivity contribution in [3.05, 3.63) is 44.5 Å². The third kappa shape index (κ3) is 3.69. The number of benzene rings is 1. The Morgan fingerprint density at radius 1 is 1.26 bits per heavy atom. The number of fused-ring (bicyclic) bond motifs is 3. The van der Waals surface area contributed by atoms with Gasteiger partial charge in [-0.05, 0) is 90.8 Å². The minimum absolute atomic E-state index is 0.0982. The molecule has 23 heavy (non-hydrogen) atoms. The summed E-state index contributed by atoms with van der Waals surface area (Å²) in [4.78, 5) is 0. The van der Waals surface area contributed by atoms with Crippen LogP contribution in [0.5, 0.6) is 0 Å². The van der Waals surface area contributed by atoms with Crippen LogP contribution in [0.3, 0.4) is 0 Å². The van der Waals surface area contributed by atoms with Crippen molar-refractivity contribution in [2.75, 3.05) is 0 Å². The second-order valence-corrected chi connectivity index (χ2v) is 23.9. The molecule has 3 rings (SSSR count). The Hall–Kier alpha value is 0.460. The molecule has 0 saturated heterocycles. The fraction of sp³-hybridized carbons (Fsp3) is 0.222. The van der Waals surface area contributed by atoms with E-state index in [1.165, 1.54) is 43.3 Å². The van der Waals surface area contributed by atoms with E-state index < -0.39 is 0 Å². The Labute approximate surface area is 172 Å². The number of halogens is 2. The molecule has 0 atom stereocenters. The maximum absolute atomic E-state index is 3.46. The average Bonchev–Trinajstić information content (AvgIpc) is 3.04. The summed E-state index contributed by atoms with van der Waals surface area (Å²) in [6.07, 6.45) is 4.57. The normalized spacial score (nSPS) is 13.1. The van der Waals surface area contributed by atoms with Gasteiger partial charge in [0.15, 0.2) is 0 Å². The van der Waals surface area contributed by atoms with Crippen molar-refractivity contribution >= 4 is 80.9 Å². The molecule has 1 heterocycles. The molecule has 0 aliphatic heterocycles. The lowest BCUT2D eigenvalue weighted by atomic mass is 9.99. The van der Waals surface area contributed by atoms with Gasteiger partial charge >= 0.3 is 0 Å². The predicted octanol–water partition coefficient (Wildman–Crippen LogP) is 6.47. The lowest BCUT2D eigenvalue weighted by Gasteiger charge is -2.04. The first kappa shape index (κ1) is 18.3. The number of rotatable bonds is 3. The molecule has 0 fully saturated rings. The van der Waals surface area contributed by atoms with Crippen LogP contribution in [0.25, 0.3) is 22.8 Å². The summed E-state index contributed by atoms with van der Waals surface area (Å²) < 4.78 is 2.70. The van der Waals surface area contributed by atoms with E-state index in [-0.39, 0.29) is 2.41 Å². The van der Waals surface area contributed by atoms with Crippen LogP contribution in [0.2, 0.25) is 0 Å². The standard InChI is InChI=1S/C18H15I2PS2/c1-3-7-15-16(4-2)23-18-14(10-11-22-21(19)20)12-8-5-6-9-13(12)17(15)18/h4-6,8-9H,3,7H2,1-2H3/b16-4+. The van der Waals surface area contributed by atoms with Crippen LogP contribution in [0.1, 0.15) is 31.4 Å². The highest BCUT2D eigenvalue weighted by Crippen LogP contribution is 2.64. The summed E-state index contributed by atoms with van der Waals surface area (Å²) in [6, 6.07) is 8.75. The van der Waals surface area contributed by atoms with E-state index in [0.717, 1.165) is 6.42 Å². The zero-order valence-corrected chi connectivity index (χ0v) is 19.7. The van der Waals surface area contributed by atoms with Crippen molar-refractivity contribution < 1.29 is 0 Å². The highest BCUT2D eigenvalue weighted by Gasteiger charge is 2.23. The van der Waals surface area contributed by atoms with Gasteiger partial charge in [0.2, 0.25) is 0 Å². The summed E-state index contributed by atoms with van der Waals surface area (Å²) >= 11 is 8.57. The van der Waals surface area contributed by atoms with E-state index in [9.17, 15) is 0 Å². The molecule has 0 N–H and O–H groups in total. The Bertz CT molecular complexity index is 917. The van der Waals surface area contributed by atoms with Gasteiger partial charge in [-0.2, -0.15) is 0 Å². The molecule has 5 heteroatoms. The first-order valence-corrected chi connectivity index (χ1v) is 16.5. The summed E-state index contributed by atoms with van der Waals surface area (Å²) in [6.45, 7) is 4.40. The van der Waals surface area contributed by atoms with Crippen molar-refractivity contribution in [1.82, 2.24) is 0 Å². The Morgan fingerprint density at radius 3 is 2.65 bits per heavy atom. The van der Waals surface area contributed by atoms with Gasteiger partial charge in [0.25, 0.3) is 0 Å². The number of hydrogen-bond acceptors (Lipinski definition) is 2. The van der Waals surface area contributed by atoms with Crippen LogP contribution in [-0.4, -0.2) is 0 Å². The number of hydrogen-bond donors (Lipinski definition) is 0. The molecule has 1 aliphatic rings. The van der Waals surface area contributed by atoms with E-state index in [0.29, 0.717) is 0 Å². The minimum atomic E-state index is -0.0982. The summed E-state index contributed by atoms with van der Waals surface area (Å²) in [5.74, 6) is 3.46. The third-order valence-corrected chi connectivity index (χ3v) is 9.66. The minimum Gasteiger partial charge on any atom is -0.135 e. The topological polar surface area (TPSA) is 0 Å². The molecule has 1 aromatic heterocycles. The van der Waals surface area contributed by atoms with E-state index in [2.05, 4.69) is 99.4 Å². The monoisotopic (exact) mass is 580 g/mol. The van der Waals surface area contributed by atoms with Gasteiger partial charge in [0.1, 0.15) is 0 Å². The molecule has 118 valence electrons. The van der Waals surface area contributed by atoms with Crippen molar-refractivity contribution in [2.24, 2.45) is 0 Å². The fourth-order valence-electron chi connectivity index (χ4n) is 2.95. The third-order valence-electron chi connectivity index (χ3n) is 3.78. The van der Waals surface area contributed by atoms with Gasteiger partial charge in [0.05, 0.1) is 12.5 Å². The Kier molecular flexibility index (Phi) is 6.53. The van der Waals surface area contributed by atoms with E-state index in [1.807, 2.05) is 11.3 Å². The molecule has 0 spiro atoms. The van der Waals surface area contributed by atoms with Crippen molar-refractivity contribution in [1.29, 1.82) is 0 Å². The van der Waals surface area contributed by atoms with Crippen molar-refractivity contribution in [2.45, 2.75) is 26.7 Å². The van der Waals surface area contributed by atoms with Crippen LogP contribution in [-0.2, 0) is 6.42 Å². The van der Waals surface area contributed by atoms with Crippen LogP contribution in [0, 0.1) is 11.2 Å². The first-order chi connectivity index (χ1) is 11.2. The van der Waals surface area contributed by atoms with Crippen molar-refractivity contribution in [3.8, 4) is 22.3 Å². The largest absolute Gasteiger partial charge is 0.135 e. The molecule has 0 saturated carbocycles. The summed E-state index contributed by atoms with van der Waals surface area (Å²) in [5, 5.41) is 3.33. The maximum atomic E-state index is 3.46. The Morgan fingerprint density at radius 2 is 2.00 bits per heavy atom. The molecule has 2 aromatic rings. The van der Waals surface area contributed by atoms with Crippen LogP contribution in [0.4, 0.5) is 0 Å². The van der Waals surface area contributed by atoms with Gasteiger partial charge in [0, 0.05) is 10.1 Å². The molecular weight excluding hydrogens is 565 g/mol. The molecule has 0 radical (unpaired) electrons. The number of thiophene rings is 1. The van der Waals surface area contributed by atoms with Crippen LogP contribution >= 0.6 is 69.2 Å². The SMILES string of the molecule is C/C=c1/sc2c(c1CCC)-c1ccccc1C=2C#CSP(I)I. The van der Waals surface area contributed by atoms with E-state index >= 15 is 0 Å². The summed E-state index contributed by atoms with van der Waals surface area (Å²) in [7, 11) is 0. The van der Waals surface area contributed by atoms with Gasteiger partial charge in [-0.15, -0.1) is 11.3 Å². The maximum Gasteiger partial charge on any atom is 0.0965 e. The fourth-order valence-corrected chi connectivity index (χ4v) is 6.55. The van der Waals surface area contributed by atoms with Gasteiger partial charge in [-0.3, -0.25) is 0 Å². The molecular formula is C18H15I2PS2. The summed E-state index contributed by atoms with van der Waals surface area (Å²) in [5.41, 5.74) is 6.87.